The van der Waals surface area contributed by atoms with E-state index in [1.165, 1.54) is 0 Å². The van der Waals surface area contributed by atoms with E-state index in [2.05, 4.69) is 0 Å². The maximum absolute atomic E-state index is 11.7. The van der Waals surface area contributed by atoms with E-state index in [-0.39, 0.29) is 5.56 Å². The van der Waals surface area contributed by atoms with Gasteiger partial charge in [0.1, 0.15) is 5.56 Å². The number of carboxylic acid groups (broad SMARTS) is 1. The van der Waals surface area contributed by atoms with E-state index in [9.17, 15) is 9.59 Å². The van der Waals surface area contributed by atoms with Crippen molar-refractivity contribution in [2.75, 3.05) is 0 Å². The Hall–Kier alpha value is -1.81. The zero-order chi connectivity index (χ0) is 11.0. The Labute approximate surface area is 89.4 Å². The van der Waals surface area contributed by atoms with Gasteiger partial charge >= 0.3 is 5.97 Å². The molecule has 15 heavy (non-hydrogen) atoms. The molecule has 0 aliphatic heterocycles. The summed E-state index contributed by atoms with van der Waals surface area (Å²) in [6.07, 6.45) is 1.11. The molecule has 0 saturated carbocycles. The van der Waals surface area contributed by atoms with E-state index in [1.807, 2.05) is 0 Å². The molecule has 1 heterocycles. The predicted molar refractivity (Wildman–Crippen MR) is 56.4 cm³/mol. The molecule has 2 aromatic rings. The van der Waals surface area contributed by atoms with Crippen LogP contribution in [0.15, 0.2) is 35.3 Å². The monoisotopic (exact) mass is 223 g/mol. The van der Waals surface area contributed by atoms with Gasteiger partial charge in [-0.05, 0) is 12.1 Å². The second-order valence-corrected chi connectivity index (χ2v) is 3.37. The van der Waals surface area contributed by atoms with E-state index in [4.69, 9.17) is 16.9 Å². The lowest BCUT2D eigenvalue weighted by Crippen LogP contribution is -2.16. The van der Waals surface area contributed by atoms with Crippen LogP contribution >= 0.6 is 11.8 Å². The highest BCUT2D eigenvalue weighted by molar-refractivity contribution is 6.19. The summed E-state index contributed by atoms with van der Waals surface area (Å²) in [6, 6.07) is 6.58. The average molecular weight is 224 g/mol. The van der Waals surface area contributed by atoms with Crippen molar-refractivity contribution in [2.45, 2.75) is 0 Å². The van der Waals surface area contributed by atoms with E-state index in [1.54, 1.807) is 24.3 Å². The number of pyridine rings is 1. The maximum Gasteiger partial charge on any atom is 0.341 e. The zero-order valence-electron chi connectivity index (χ0n) is 7.48. The average Bonchev–Trinajstić information content (AvgIpc) is 2.23. The molecule has 4 nitrogen and oxygen atoms in total. The molecule has 76 valence electrons. The minimum atomic E-state index is -1.28. The summed E-state index contributed by atoms with van der Waals surface area (Å²) in [4.78, 5) is 22.4. The van der Waals surface area contributed by atoms with Gasteiger partial charge in [0.25, 0.3) is 0 Å². The van der Waals surface area contributed by atoms with Gasteiger partial charge in [0.05, 0.1) is 5.52 Å². The van der Waals surface area contributed by atoms with Gasteiger partial charge < -0.3 is 5.11 Å². The third-order valence-electron chi connectivity index (χ3n) is 2.10. The SMILES string of the molecule is O=C(O)c1cn(Cl)c2ccccc2c1=O. The predicted octanol–water partition coefficient (Wildman–Crippen LogP) is 1.70. The van der Waals surface area contributed by atoms with Crippen molar-refractivity contribution in [3.05, 3.63) is 46.2 Å². The van der Waals surface area contributed by atoms with Crippen LogP contribution in [0.2, 0.25) is 0 Å². The summed E-state index contributed by atoms with van der Waals surface area (Å²) in [7, 11) is 0. The fourth-order valence-corrected chi connectivity index (χ4v) is 1.64. The largest absolute Gasteiger partial charge is 0.477 e. The Bertz CT molecular complexity index is 603. The number of para-hydroxylation sites is 1. The molecule has 1 aromatic carbocycles. The molecule has 5 heteroatoms. The molecule has 0 atom stereocenters. The lowest BCUT2D eigenvalue weighted by atomic mass is 10.1. The van der Waals surface area contributed by atoms with Gasteiger partial charge in [-0.25, -0.2) is 4.79 Å². The molecule has 0 amide bonds. The molecule has 0 bridgehead atoms. The van der Waals surface area contributed by atoms with Crippen molar-refractivity contribution in [1.29, 1.82) is 0 Å². The molecular formula is C10H6ClNO3. The normalized spacial score (nSPS) is 10.5. The third kappa shape index (κ3) is 1.49. The van der Waals surface area contributed by atoms with E-state index < -0.39 is 11.4 Å². The Morgan fingerprint density at radius 1 is 1.33 bits per heavy atom. The van der Waals surface area contributed by atoms with Crippen LogP contribution in [0.3, 0.4) is 0 Å². The van der Waals surface area contributed by atoms with Gasteiger partial charge in [0, 0.05) is 23.4 Å². The molecule has 0 saturated heterocycles. The minimum absolute atomic E-state index is 0.299. The molecule has 0 aliphatic rings. The fourth-order valence-electron chi connectivity index (χ4n) is 1.39. The molecule has 0 radical (unpaired) electrons. The van der Waals surface area contributed by atoms with Gasteiger partial charge in [0.15, 0.2) is 0 Å². The van der Waals surface area contributed by atoms with Crippen LogP contribution < -0.4 is 5.43 Å². The van der Waals surface area contributed by atoms with Gasteiger partial charge in [-0.15, -0.1) is 0 Å². The second-order valence-electron chi connectivity index (χ2n) is 3.01. The summed E-state index contributed by atoms with van der Waals surface area (Å²) in [5.74, 6) is -1.28. The van der Waals surface area contributed by atoms with Crippen LogP contribution in [-0.2, 0) is 0 Å². The molecule has 0 fully saturated rings. The topological polar surface area (TPSA) is 59.3 Å². The lowest BCUT2D eigenvalue weighted by molar-refractivity contribution is 0.0695. The van der Waals surface area contributed by atoms with Crippen molar-refractivity contribution in [1.82, 2.24) is 4.09 Å². The molecule has 1 N–H and O–H groups in total. The number of carbonyl (C=O) groups is 1. The number of benzene rings is 1. The van der Waals surface area contributed by atoms with Crippen LogP contribution in [0, 0.1) is 0 Å². The number of fused-ring (bicyclic) bond motifs is 1. The first kappa shape index (κ1) is 9.73. The van der Waals surface area contributed by atoms with Crippen molar-refractivity contribution >= 4 is 28.6 Å². The zero-order valence-corrected chi connectivity index (χ0v) is 8.23. The van der Waals surface area contributed by atoms with Gasteiger partial charge in [-0.1, -0.05) is 12.1 Å². The maximum atomic E-state index is 11.7. The Kier molecular flexibility index (Phi) is 2.21. The van der Waals surface area contributed by atoms with Crippen molar-refractivity contribution in [2.24, 2.45) is 0 Å². The standard InChI is InChI=1S/C10H6ClNO3/c11-12-5-7(10(14)15)9(13)6-3-1-2-4-8(6)12/h1-5H,(H,14,15). The lowest BCUT2D eigenvalue weighted by Gasteiger charge is -2.03. The number of aromatic carboxylic acids is 1. The number of nitrogens with zero attached hydrogens (tertiary/aromatic N) is 1. The number of rotatable bonds is 1. The molecule has 0 unspecified atom stereocenters. The molecular weight excluding hydrogens is 218 g/mol. The van der Waals surface area contributed by atoms with E-state index in [0.29, 0.717) is 10.9 Å². The van der Waals surface area contributed by atoms with Gasteiger partial charge in [-0.3, -0.25) is 8.88 Å². The van der Waals surface area contributed by atoms with Crippen LogP contribution in [0.25, 0.3) is 10.9 Å². The fraction of sp³-hybridized carbons (Fsp3) is 0. The highest BCUT2D eigenvalue weighted by Gasteiger charge is 2.12. The number of carboxylic acids is 1. The van der Waals surface area contributed by atoms with Crippen LogP contribution in [-0.4, -0.2) is 15.2 Å². The summed E-state index contributed by atoms with van der Waals surface area (Å²) in [5, 5.41) is 9.08. The first-order valence-corrected chi connectivity index (χ1v) is 4.49. The Morgan fingerprint density at radius 2 is 2.00 bits per heavy atom. The van der Waals surface area contributed by atoms with Crippen molar-refractivity contribution in [3.63, 3.8) is 0 Å². The Balaban J connectivity index is 2.97. The quantitative estimate of drug-likeness (QED) is 0.801. The van der Waals surface area contributed by atoms with Gasteiger partial charge in [0.2, 0.25) is 5.43 Å². The first-order valence-electron chi connectivity index (χ1n) is 4.15. The third-order valence-corrected chi connectivity index (χ3v) is 2.38. The van der Waals surface area contributed by atoms with Crippen molar-refractivity contribution < 1.29 is 9.90 Å². The summed E-state index contributed by atoms with van der Waals surface area (Å²) < 4.78 is 1.11. The number of hydrogen-bond donors (Lipinski definition) is 1. The number of hydrogen-bond acceptors (Lipinski definition) is 2. The smallest absolute Gasteiger partial charge is 0.341 e. The molecule has 0 spiro atoms. The number of halogens is 1. The highest BCUT2D eigenvalue weighted by atomic mass is 35.5. The van der Waals surface area contributed by atoms with Crippen molar-refractivity contribution in [3.8, 4) is 0 Å². The van der Waals surface area contributed by atoms with E-state index >= 15 is 0 Å². The van der Waals surface area contributed by atoms with Crippen LogP contribution in [0.1, 0.15) is 10.4 Å². The highest BCUT2D eigenvalue weighted by Crippen LogP contribution is 2.12. The minimum Gasteiger partial charge on any atom is -0.477 e. The molecule has 0 aliphatic carbocycles. The summed E-state index contributed by atoms with van der Waals surface area (Å²) >= 11 is 5.79. The van der Waals surface area contributed by atoms with Crippen LogP contribution in [0.5, 0.6) is 0 Å². The first-order chi connectivity index (χ1) is 7.11. The van der Waals surface area contributed by atoms with Crippen LogP contribution in [0.4, 0.5) is 0 Å². The second kappa shape index (κ2) is 3.40. The van der Waals surface area contributed by atoms with Gasteiger partial charge in [-0.2, -0.15) is 0 Å². The number of aromatic nitrogens is 1. The molecule has 2 rings (SSSR count). The van der Waals surface area contributed by atoms with E-state index in [0.717, 1.165) is 10.3 Å². The Morgan fingerprint density at radius 3 is 2.67 bits per heavy atom. The molecule has 1 aromatic heterocycles. The summed E-state index contributed by atoms with van der Waals surface area (Å²) in [5.41, 5.74) is -0.354. The summed E-state index contributed by atoms with van der Waals surface area (Å²) in [6.45, 7) is 0.